The zero-order chi connectivity index (χ0) is 12.6. The quantitative estimate of drug-likeness (QED) is 0.766. The second-order valence-corrected chi connectivity index (χ2v) is 5.42. The Hall–Kier alpha value is -1.35. The summed E-state index contributed by atoms with van der Waals surface area (Å²) >= 11 is 0. The number of benzene rings is 1. The first-order valence-electron chi connectivity index (χ1n) is 6.75. The van der Waals surface area contributed by atoms with Crippen molar-refractivity contribution in [1.82, 2.24) is 5.06 Å². The molecule has 0 bridgehead atoms. The van der Waals surface area contributed by atoms with E-state index in [1.807, 2.05) is 37.3 Å². The summed E-state index contributed by atoms with van der Waals surface area (Å²) in [7, 11) is 0. The van der Waals surface area contributed by atoms with Crippen molar-refractivity contribution in [3.8, 4) is 0 Å². The van der Waals surface area contributed by atoms with Crippen LogP contribution in [0.15, 0.2) is 30.3 Å². The van der Waals surface area contributed by atoms with Gasteiger partial charge in [0.25, 0.3) is 5.91 Å². The van der Waals surface area contributed by atoms with Gasteiger partial charge in [-0.15, -0.1) is 0 Å². The van der Waals surface area contributed by atoms with Crippen LogP contribution in [0.25, 0.3) is 0 Å². The van der Waals surface area contributed by atoms with Gasteiger partial charge in [0.05, 0.1) is 11.5 Å². The van der Waals surface area contributed by atoms with Gasteiger partial charge in [-0.05, 0) is 18.4 Å². The highest BCUT2D eigenvalue weighted by atomic mass is 16.7. The minimum atomic E-state index is 0.00582. The SMILES string of the molecule is CC1C(=O)N(OCc2ccccc2)C12CCCC2. The molecule has 0 N–H and O–H groups in total. The summed E-state index contributed by atoms with van der Waals surface area (Å²) in [5.41, 5.74) is 1.12. The number of rotatable bonds is 3. The van der Waals surface area contributed by atoms with Crippen LogP contribution in [0.5, 0.6) is 0 Å². The molecule has 18 heavy (non-hydrogen) atoms. The van der Waals surface area contributed by atoms with E-state index in [9.17, 15) is 4.79 Å². The second kappa shape index (κ2) is 4.39. The molecule has 1 amide bonds. The van der Waals surface area contributed by atoms with Crippen LogP contribution in [0.1, 0.15) is 38.2 Å². The molecule has 2 aliphatic rings. The number of hydrogen-bond acceptors (Lipinski definition) is 2. The van der Waals surface area contributed by atoms with Crippen LogP contribution in [0.2, 0.25) is 0 Å². The van der Waals surface area contributed by atoms with E-state index in [1.54, 1.807) is 5.06 Å². The summed E-state index contributed by atoms with van der Waals surface area (Å²) in [5, 5.41) is 1.66. The summed E-state index contributed by atoms with van der Waals surface area (Å²) in [6, 6.07) is 10.0. The van der Waals surface area contributed by atoms with Crippen molar-refractivity contribution in [2.24, 2.45) is 5.92 Å². The Labute approximate surface area is 108 Å². The van der Waals surface area contributed by atoms with Crippen molar-refractivity contribution in [2.75, 3.05) is 0 Å². The van der Waals surface area contributed by atoms with Gasteiger partial charge >= 0.3 is 0 Å². The molecule has 3 rings (SSSR count). The maximum absolute atomic E-state index is 11.9. The number of β-lactam (4-membered cyclic amide) rings is 1. The molecule has 0 radical (unpaired) electrons. The zero-order valence-electron chi connectivity index (χ0n) is 10.8. The Morgan fingerprint density at radius 3 is 2.61 bits per heavy atom. The van der Waals surface area contributed by atoms with E-state index in [4.69, 9.17) is 4.84 Å². The molecular formula is C15H19NO2. The minimum Gasteiger partial charge on any atom is -0.272 e. The lowest BCUT2D eigenvalue weighted by atomic mass is 9.75. The Kier molecular flexibility index (Phi) is 2.86. The highest BCUT2D eigenvalue weighted by Gasteiger charge is 2.59. The first-order chi connectivity index (χ1) is 8.74. The molecular weight excluding hydrogens is 226 g/mol. The highest BCUT2D eigenvalue weighted by molar-refractivity contribution is 5.86. The maximum atomic E-state index is 11.9. The molecule has 2 fully saturated rings. The number of carbonyl (C=O) groups is 1. The fraction of sp³-hybridized carbons (Fsp3) is 0.533. The van der Waals surface area contributed by atoms with Crippen LogP contribution in [-0.4, -0.2) is 16.5 Å². The Morgan fingerprint density at radius 1 is 1.28 bits per heavy atom. The Balaban J connectivity index is 1.67. The van der Waals surface area contributed by atoms with Crippen molar-refractivity contribution in [3.05, 3.63) is 35.9 Å². The standard InChI is InChI=1S/C15H19NO2/c1-12-14(17)16(15(12)9-5-6-10-15)18-11-13-7-3-2-4-8-13/h2-4,7-8,12H,5-6,9-11H2,1H3. The van der Waals surface area contributed by atoms with E-state index in [0.29, 0.717) is 6.61 Å². The monoisotopic (exact) mass is 245 g/mol. The summed E-state index contributed by atoms with van der Waals surface area (Å²) in [6.45, 7) is 2.52. The fourth-order valence-electron chi connectivity index (χ4n) is 3.26. The molecule has 1 spiro atoms. The normalized spacial score (nSPS) is 25.5. The Morgan fingerprint density at radius 2 is 1.94 bits per heavy atom. The van der Waals surface area contributed by atoms with Crippen LogP contribution < -0.4 is 0 Å². The van der Waals surface area contributed by atoms with E-state index in [1.165, 1.54) is 12.8 Å². The van der Waals surface area contributed by atoms with Crippen LogP contribution in [0, 0.1) is 5.92 Å². The Bertz CT molecular complexity index is 437. The van der Waals surface area contributed by atoms with Gasteiger partial charge < -0.3 is 0 Å². The molecule has 96 valence electrons. The van der Waals surface area contributed by atoms with Crippen molar-refractivity contribution in [1.29, 1.82) is 0 Å². The van der Waals surface area contributed by atoms with E-state index in [0.717, 1.165) is 18.4 Å². The number of hydroxylamine groups is 2. The minimum absolute atomic E-state index is 0.00582. The van der Waals surface area contributed by atoms with Gasteiger partial charge in [0, 0.05) is 0 Å². The lowest BCUT2D eigenvalue weighted by Gasteiger charge is -2.53. The number of nitrogens with zero attached hydrogens (tertiary/aromatic N) is 1. The smallest absolute Gasteiger partial charge is 0.251 e. The molecule has 1 heterocycles. The molecule has 1 aliphatic carbocycles. The average Bonchev–Trinajstić information content (AvgIpc) is 2.91. The van der Waals surface area contributed by atoms with Crippen molar-refractivity contribution in [2.45, 2.75) is 44.8 Å². The van der Waals surface area contributed by atoms with E-state index >= 15 is 0 Å². The van der Waals surface area contributed by atoms with Gasteiger partial charge in [-0.3, -0.25) is 9.63 Å². The molecule has 1 aromatic rings. The fourth-order valence-corrected chi connectivity index (χ4v) is 3.26. The van der Waals surface area contributed by atoms with E-state index in [-0.39, 0.29) is 17.4 Å². The van der Waals surface area contributed by atoms with E-state index < -0.39 is 0 Å². The number of amides is 1. The maximum Gasteiger partial charge on any atom is 0.251 e. The van der Waals surface area contributed by atoms with Crippen LogP contribution in [0.3, 0.4) is 0 Å². The summed E-state index contributed by atoms with van der Waals surface area (Å²) in [6.07, 6.45) is 4.61. The van der Waals surface area contributed by atoms with Crippen molar-refractivity contribution in [3.63, 3.8) is 0 Å². The third-order valence-corrected chi connectivity index (χ3v) is 4.45. The predicted octanol–water partition coefficient (Wildman–Crippen LogP) is 2.91. The van der Waals surface area contributed by atoms with Crippen LogP contribution in [-0.2, 0) is 16.2 Å². The van der Waals surface area contributed by atoms with Gasteiger partial charge in [-0.25, -0.2) is 5.06 Å². The third-order valence-electron chi connectivity index (χ3n) is 4.45. The molecule has 3 heteroatoms. The highest BCUT2D eigenvalue weighted by Crippen LogP contribution is 2.49. The summed E-state index contributed by atoms with van der Waals surface area (Å²) < 4.78 is 0. The zero-order valence-corrected chi connectivity index (χ0v) is 10.8. The summed E-state index contributed by atoms with van der Waals surface area (Å²) in [5.74, 6) is 0.281. The molecule has 1 unspecified atom stereocenters. The molecule has 1 atom stereocenters. The molecule has 1 saturated heterocycles. The molecule has 1 aromatic carbocycles. The van der Waals surface area contributed by atoms with Gasteiger partial charge in [0.15, 0.2) is 0 Å². The predicted molar refractivity (Wildman–Crippen MR) is 68.4 cm³/mol. The molecule has 0 aromatic heterocycles. The number of carbonyl (C=O) groups excluding carboxylic acids is 1. The van der Waals surface area contributed by atoms with Crippen molar-refractivity contribution >= 4 is 5.91 Å². The van der Waals surface area contributed by atoms with Crippen LogP contribution in [0.4, 0.5) is 0 Å². The second-order valence-electron chi connectivity index (χ2n) is 5.42. The first-order valence-corrected chi connectivity index (χ1v) is 6.75. The van der Waals surface area contributed by atoms with E-state index in [2.05, 4.69) is 0 Å². The molecule has 3 nitrogen and oxygen atoms in total. The van der Waals surface area contributed by atoms with Gasteiger partial charge in [-0.1, -0.05) is 50.1 Å². The first kappa shape index (κ1) is 11.7. The summed E-state index contributed by atoms with van der Waals surface area (Å²) in [4.78, 5) is 17.7. The van der Waals surface area contributed by atoms with Gasteiger partial charge in [-0.2, -0.15) is 0 Å². The topological polar surface area (TPSA) is 29.5 Å². The van der Waals surface area contributed by atoms with Gasteiger partial charge in [0.1, 0.15) is 6.61 Å². The van der Waals surface area contributed by atoms with Crippen LogP contribution >= 0.6 is 0 Å². The molecule has 1 aliphatic heterocycles. The van der Waals surface area contributed by atoms with Crippen molar-refractivity contribution < 1.29 is 9.63 Å². The molecule has 1 saturated carbocycles. The lowest BCUT2D eigenvalue weighted by Crippen LogP contribution is -2.68. The number of hydrogen-bond donors (Lipinski definition) is 0. The largest absolute Gasteiger partial charge is 0.272 e. The van der Waals surface area contributed by atoms with Gasteiger partial charge in [0.2, 0.25) is 0 Å². The lowest BCUT2D eigenvalue weighted by molar-refractivity contribution is -0.278. The third kappa shape index (κ3) is 1.65. The average molecular weight is 245 g/mol.